The normalized spacial score (nSPS) is 17.4. The maximum atomic E-state index is 8.48. The van der Waals surface area contributed by atoms with Gasteiger partial charge in [-0.15, -0.1) is 0 Å². The first-order chi connectivity index (χ1) is 3.72. The molecule has 0 aliphatic carbocycles. The van der Waals surface area contributed by atoms with Gasteiger partial charge in [-0.1, -0.05) is 0 Å². The molecule has 0 rings (SSSR count). The average molecular weight is 119 g/mol. The first-order valence-corrected chi connectivity index (χ1v) is 2.20. The van der Waals surface area contributed by atoms with Crippen LogP contribution in [0.5, 0.6) is 0 Å². The van der Waals surface area contributed by atoms with Gasteiger partial charge < -0.3 is 20.7 Å². The Bertz CT molecular complexity index is 75.7. The predicted octanol–water partition coefficient (Wildman–Crippen LogP) is -1.65. The minimum atomic E-state index is -1.24. The molecule has 0 spiro atoms. The molecule has 0 aromatic heterocycles. The topological polar surface area (TPSA) is 84.5 Å². The van der Waals surface area contributed by atoms with Gasteiger partial charge >= 0.3 is 0 Å². The number of aliphatic hydroxyl groups excluding tert-OH is 3. The molecule has 0 aliphatic rings. The number of aliphatic hydroxyl groups is 3. The van der Waals surface area contributed by atoms with Crippen LogP contribution in [0, 0.1) is 5.41 Å². The van der Waals surface area contributed by atoms with Gasteiger partial charge in [-0.3, -0.25) is 0 Å². The van der Waals surface area contributed by atoms with Crippen molar-refractivity contribution in [3.63, 3.8) is 0 Å². The van der Waals surface area contributed by atoms with E-state index in [2.05, 4.69) is 0 Å². The molecule has 2 atom stereocenters. The molecule has 0 amide bonds. The zero-order chi connectivity index (χ0) is 6.57. The first-order valence-electron chi connectivity index (χ1n) is 2.20. The summed E-state index contributed by atoms with van der Waals surface area (Å²) in [7, 11) is 0. The number of hydrogen-bond donors (Lipinski definition) is 4. The lowest BCUT2D eigenvalue weighted by Gasteiger charge is -2.08. The van der Waals surface area contributed by atoms with Crippen molar-refractivity contribution >= 4 is 6.21 Å². The van der Waals surface area contributed by atoms with Gasteiger partial charge in [0, 0.05) is 6.21 Å². The second kappa shape index (κ2) is 3.54. The monoisotopic (exact) mass is 119 g/mol. The largest absolute Gasteiger partial charge is 0.394 e. The van der Waals surface area contributed by atoms with Crippen molar-refractivity contribution in [3.05, 3.63) is 0 Å². The lowest BCUT2D eigenvalue weighted by atomic mass is 10.2. The summed E-state index contributed by atoms with van der Waals surface area (Å²) in [6.45, 7) is -0.517. The fraction of sp³-hybridized carbons (Fsp3) is 0.750. The van der Waals surface area contributed by atoms with E-state index in [9.17, 15) is 0 Å². The number of nitrogens with one attached hydrogen (secondary N) is 1. The molecule has 4 nitrogen and oxygen atoms in total. The molecular formula is C4H9NO3. The molecular weight excluding hydrogens is 110 g/mol. The molecule has 0 saturated carbocycles. The highest BCUT2D eigenvalue weighted by molar-refractivity contribution is 5.59. The maximum Gasteiger partial charge on any atom is 0.116 e. The van der Waals surface area contributed by atoms with Crippen LogP contribution in [0.3, 0.4) is 0 Å². The molecule has 0 saturated heterocycles. The Kier molecular flexibility index (Phi) is 3.34. The Morgan fingerprint density at radius 1 is 1.50 bits per heavy atom. The molecule has 2 unspecified atom stereocenters. The Morgan fingerprint density at radius 2 is 2.00 bits per heavy atom. The van der Waals surface area contributed by atoms with Gasteiger partial charge in [0.25, 0.3) is 0 Å². The summed E-state index contributed by atoms with van der Waals surface area (Å²) in [6.07, 6.45) is -1.78. The van der Waals surface area contributed by atoms with Crippen molar-refractivity contribution in [1.29, 1.82) is 5.41 Å². The molecule has 4 heteroatoms. The van der Waals surface area contributed by atoms with Crippen molar-refractivity contribution in [3.8, 4) is 0 Å². The summed E-state index contributed by atoms with van der Waals surface area (Å²) in [5.74, 6) is 0. The van der Waals surface area contributed by atoms with E-state index in [0.717, 1.165) is 0 Å². The van der Waals surface area contributed by atoms with E-state index >= 15 is 0 Å². The summed E-state index contributed by atoms with van der Waals surface area (Å²) >= 11 is 0. The lowest BCUT2D eigenvalue weighted by Crippen LogP contribution is -2.29. The highest BCUT2D eigenvalue weighted by Crippen LogP contribution is 1.85. The minimum Gasteiger partial charge on any atom is -0.394 e. The molecule has 0 aromatic carbocycles. The third kappa shape index (κ3) is 2.02. The average Bonchev–Trinajstić information content (AvgIpc) is 1.84. The Balaban J connectivity index is 3.44. The van der Waals surface area contributed by atoms with Gasteiger partial charge in [0.05, 0.1) is 6.61 Å². The van der Waals surface area contributed by atoms with Gasteiger partial charge in [-0.25, -0.2) is 0 Å². The van der Waals surface area contributed by atoms with Crippen LogP contribution in [0.15, 0.2) is 0 Å². The van der Waals surface area contributed by atoms with Crippen LogP contribution in [0.2, 0.25) is 0 Å². The van der Waals surface area contributed by atoms with E-state index in [1.54, 1.807) is 0 Å². The summed E-state index contributed by atoms with van der Waals surface area (Å²) in [4.78, 5) is 0. The second-order valence-corrected chi connectivity index (χ2v) is 1.41. The third-order valence-electron chi connectivity index (χ3n) is 0.752. The van der Waals surface area contributed by atoms with E-state index in [-0.39, 0.29) is 0 Å². The minimum absolute atomic E-state index is 0.517. The summed E-state index contributed by atoms with van der Waals surface area (Å²) in [6, 6.07) is 0. The van der Waals surface area contributed by atoms with E-state index in [0.29, 0.717) is 6.21 Å². The highest BCUT2D eigenvalue weighted by atomic mass is 16.4. The van der Waals surface area contributed by atoms with Gasteiger partial charge in [0.1, 0.15) is 12.2 Å². The predicted molar refractivity (Wildman–Crippen MR) is 27.9 cm³/mol. The van der Waals surface area contributed by atoms with Crippen LogP contribution < -0.4 is 0 Å². The molecule has 8 heavy (non-hydrogen) atoms. The summed E-state index contributed by atoms with van der Waals surface area (Å²) in [5.41, 5.74) is 0. The van der Waals surface area contributed by atoms with Crippen molar-refractivity contribution in [2.24, 2.45) is 0 Å². The molecule has 0 aromatic rings. The first kappa shape index (κ1) is 7.55. The smallest absolute Gasteiger partial charge is 0.116 e. The van der Waals surface area contributed by atoms with Gasteiger partial charge in [0.15, 0.2) is 0 Å². The molecule has 0 radical (unpaired) electrons. The van der Waals surface area contributed by atoms with E-state index < -0.39 is 18.8 Å². The van der Waals surface area contributed by atoms with E-state index in [1.165, 1.54) is 0 Å². The van der Waals surface area contributed by atoms with Crippen LogP contribution in [-0.2, 0) is 0 Å². The van der Waals surface area contributed by atoms with Gasteiger partial charge in [-0.05, 0) is 0 Å². The van der Waals surface area contributed by atoms with Gasteiger partial charge in [0.2, 0.25) is 0 Å². The van der Waals surface area contributed by atoms with Crippen LogP contribution in [0.1, 0.15) is 0 Å². The van der Waals surface area contributed by atoms with Crippen LogP contribution >= 0.6 is 0 Å². The van der Waals surface area contributed by atoms with Crippen LogP contribution in [0.25, 0.3) is 0 Å². The fourth-order valence-corrected chi connectivity index (χ4v) is 0.219. The summed E-state index contributed by atoms with van der Waals surface area (Å²) < 4.78 is 0. The second-order valence-electron chi connectivity index (χ2n) is 1.41. The Labute approximate surface area is 46.9 Å². The zero-order valence-corrected chi connectivity index (χ0v) is 4.28. The van der Waals surface area contributed by atoms with E-state index in [1.807, 2.05) is 0 Å². The standard InChI is InChI=1S/C4H9NO3/c5-1-3(7)4(8)2-6/h1,3-8H,2H2. The van der Waals surface area contributed by atoms with Crippen molar-refractivity contribution < 1.29 is 15.3 Å². The van der Waals surface area contributed by atoms with Crippen molar-refractivity contribution in [1.82, 2.24) is 0 Å². The fourth-order valence-electron chi connectivity index (χ4n) is 0.219. The molecule has 0 bridgehead atoms. The number of rotatable bonds is 3. The van der Waals surface area contributed by atoms with Crippen molar-refractivity contribution in [2.75, 3.05) is 6.61 Å². The molecule has 0 fully saturated rings. The third-order valence-corrected chi connectivity index (χ3v) is 0.752. The Hall–Kier alpha value is -0.450. The number of hydrogen-bond acceptors (Lipinski definition) is 4. The molecule has 48 valence electrons. The molecule has 0 aliphatic heterocycles. The van der Waals surface area contributed by atoms with Gasteiger partial charge in [-0.2, -0.15) is 0 Å². The molecule has 4 N–H and O–H groups in total. The lowest BCUT2D eigenvalue weighted by molar-refractivity contribution is 0.0202. The highest BCUT2D eigenvalue weighted by Gasteiger charge is 2.10. The SMILES string of the molecule is N=CC(O)C(O)CO. The summed E-state index contributed by atoms with van der Waals surface area (Å²) in [5, 5.41) is 31.5. The molecule has 0 heterocycles. The van der Waals surface area contributed by atoms with E-state index in [4.69, 9.17) is 20.7 Å². The van der Waals surface area contributed by atoms with Crippen molar-refractivity contribution in [2.45, 2.75) is 12.2 Å². The van der Waals surface area contributed by atoms with Crippen LogP contribution in [0.4, 0.5) is 0 Å². The zero-order valence-electron chi connectivity index (χ0n) is 4.28. The maximum absolute atomic E-state index is 8.48. The van der Waals surface area contributed by atoms with Crippen LogP contribution in [-0.4, -0.2) is 40.3 Å². The quantitative estimate of drug-likeness (QED) is 0.336. The Morgan fingerprint density at radius 3 is 2.12 bits per heavy atom.